The number of halogens is 3. The number of carbonyl (C=O) groups excluding carboxylic acids is 1. The van der Waals surface area contributed by atoms with Crippen molar-refractivity contribution in [3.63, 3.8) is 0 Å². The number of nitrogens with zero attached hydrogens (tertiary/aromatic N) is 3. The summed E-state index contributed by atoms with van der Waals surface area (Å²) in [5, 5.41) is 3.13. The van der Waals surface area contributed by atoms with Gasteiger partial charge in [-0.05, 0) is 88.0 Å². The first-order chi connectivity index (χ1) is 17.2. The molecule has 0 bridgehead atoms. The molecule has 1 amide bonds. The van der Waals surface area contributed by atoms with E-state index in [1.54, 1.807) is 4.90 Å². The maximum absolute atomic E-state index is 13.0. The summed E-state index contributed by atoms with van der Waals surface area (Å²) < 4.78 is 44.5. The maximum Gasteiger partial charge on any atom is 0.433 e. The second-order valence-electron chi connectivity index (χ2n) is 9.73. The van der Waals surface area contributed by atoms with Crippen LogP contribution in [0.15, 0.2) is 30.5 Å². The van der Waals surface area contributed by atoms with Crippen molar-refractivity contribution in [3.8, 4) is 5.75 Å². The Morgan fingerprint density at radius 2 is 1.94 bits per heavy atom. The van der Waals surface area contributed by atoms with Gasteiger partial charge in [-0.15, -0.1) is 0 Å². The molecular formula is C27H35F3N4O2. The van der Waals surface area contributed by atoms with Gasteiger partial charge in [0.1, 0.15) is 11.4 Å². The lowest BCUT2D eigenvalue weighted by Gasteiger charge is -2.48. The predicted molar refractivity (Wildman–Crippen MR) is 132 cm³/mol. The molecule has 6 nitrogen and oxygen atoms in total. The average Bonchev–Trinajstić information content (AvgIpc) is 2.87. The number of hydrogen-bond donors (Lipinski definition) is 1. The molecule has 1 unspecified atom stereocenters. The summed E-state index contributed by atoms with van der Waals surface area (Å²) in [6, 6.07) is 6.88. The molecule has 0 saturated carbocycles. The summed E-state index contributed by atoms with van der Waals surface area (Å²) >= 11 is 0. The van der Waals surface area contributed by atoms with Crippen LogP contribution in [0.3, 0.4) is 0 Å². The van der Waals surface area contributed by atoms with Crippen molar-refractivity contribution in [2.45, 2.75) is 57.8 Å². The minimum Gasteiger partial charge on any atom is -0.493 e. The van der Waals surface area contributed by atoms with Gasteiger partial charge in [0.2, 0.25) is 0 Å². The number of rotatable bonds is 7. The van der Waals surface area contributed by atoms with E-state index in [0.717, 1.165) is 56.8 Å². The van der Waals surface area contributed by atoms with E-state index >= 15 is 0 Å². The third kappa shape index (κ3) is 5.67. The summed E-state index contributed by atoms with van der Waals surface area (Å²) in [6.45, 7) is 7.71. The number of hydrogen-bond acceptors (Lipinski definition) is 5. The summed E-state index contributed by atoms with van der Waals surface area (Å²) in [5.74, 6) is 0.671. The standard InChI is InChI=1S/C27H35F3N4O2/c1-18-19(2)24(36-15-5-12-31-3)10-9-22(18)23-7-4-6-21-17-33(13-14-34(21)23)26(35)20-8-11-25(32-16-20)27(28,29)30/h8-11,16,21,23,31H,4-7,12-15,17H2,1-3H3/t21?,23-/m1/s1. The molecule has 4 rings (SSSR count). The molecule has 2 aliphatic rings. The zero-order valence-corrected chi connectivity index (χ0v) is 21.2. The Morgan fingerprint density at radius 3 is 2.64 bits per heavy atom. The Bertz CT molecular complexity index is 1060. The second kappa shape index (κ2) is 11.2. The Labute approximate surface area is 210 Å². The Balaban J connectivity index is 1.44. The van der Waals surface area contributed by atoms with Crippen molar-refractivity contribution in [2.24, 2.45) is 0 Å². The van der Waals surface area contributed by atoms with Gasteiger partial charge >= 0.3 is 6.18 Å². The molecule has 9 heteroatoms. The molecule has 0 radical (unpaired) electrons. The highest BCUT2D eigenvalue weighted by Crippen LogP contribution is 2.39. The lowest BCUT2D eigenvalue weighted by atomic mass is 9.86. The van der Waals surface area contributed by atoms with E-state index in [1.807, 2.05) is 7.05 Å². The molecule has 1 N–H and O–H groups in total. The fourth-order valence-electron chi connectivity index (χ4n) is 5.40. The van der Waals surface area contributed by atoms with Gasteiger partial charge in [0.05, 0.1) is 12.2 Å². The van der Waals surface area contributed by atoms with Crippen LogP contribution < -0.4 is 10.1 Å². The topological polar surface area (TPSA) is 57.7 Å². The SMILES string of the molecule is CNCCCOc1ccc([C@H]2CCCC3CN(C(=O)c4ccc(C(F)(F)F)nc4)CCN32)c(C)c1C. The number of fused-ring (bicyclic) bond motifs is 1. The van der Waals surface area contributed by atoms with E-state index in [9.17, 15) is 18.0 Å². The van der Waals surface area contributed by atoms with Crippen LogP contribution >= 0.6 is 0 Å². The van der Waals surface area contributed by atoms with Gasteiger partial charge in [-0.3, -0.25) is 14.7 Å². The van der Waals surface area contributed by atoms with E-state index in [0.29, 0.717) is 19.7 Å². The van der Waals surface area contributed by atoms with Crippen molar-refractivity contribution in [3.05, 3.63) is 58.4 Å². The van der Waals surface area contributed by atoms with E-state index in [-0.39, 0.29) is 23.6 Å². The van der Waals surface area contributed by atoms with Crippen molar-refractivity contribution in [1.82, 2.24) is 20.1 Å². The van der Waals surface area contributed by atoms with Gasteiger partial charge in [-0.1, -0.05) is 6.07 Å². The molecule has 2 saturated heterocycles. The summed E-state index contributed by atoms with van der Waals surface area (Å²) in [7, 11) is 1.93. The van der Waals surface area contributed by atoms with E-state index in [2.05, 4.69) is 41.2 Å². The zero-order chi connectivity index (χ0) is 25.9. The van der Waals surface area contributed by atoms with Crippen LogP contribution in [0.5, 0.6) is 5.75 Å². The van der Waals surface area contributed by atoms with Gasteiger partial charge in [0.15, 0.2) is 0 Å². The minimum atomic E-state index is -4.52. The fourth-order valence-corrected chi connectivity index (χ4v) is 5.40. The number of nitrogens with one attached hydrogen (secondary N) is 1. The lowest BCUT2D eigenvalue weighted by molar-refractivity contribution is -0.141. The fraction of sp³-hybridized carbons (Fsp3) is 0.556. The summed E-state index contributed by atoms with van der Waals surface area (Å²) in [6.07, 6.45) is 0.600. The van der Waals surface area contributed by atoms with Crippen LogP contribution in [0.25, 0.3) is 0 Å². The molecule has 2 atom stereocenters. The number of aromatic nitrogens is 1. The predicted octanol–water partition coefficient (Wildman–Crippen LogP) is 4.76. The molecule has 0 spiro atoms. The van der Waals surface area contributed by atoms with Crippen molar-refractivity contribution in [2.75, 3.05) is 39.8 Å². The molecule has 3 heterocycles. The third-order valence-electron chi connectivity index (χ3n) is 7.50. The van der Waals surface area contributed by atoms with Crippen LogP contribution in [-0.4, -0.2) is 66.6 Å². The maximum atomic E-state index is 13.0. The van der Waals surface area contributed by atoms with Crippen LogP contribution in [0, 0.1) is 13.8 Å². The number of piperidine rings is 1. The van der Waals surface area contributed by atoms with Crippen LogP contribution in [-0.2, 0) is 6.18 Å². The number of benzene rings is 1. The molecule has 36 heavy (non-hydrogen) atoms. The molecule has 1 aromatic heterocycles. The smallest absolute Gasteiger partial charge is 0.433 e. The molecule has 0 aliphatic carbocycles. The Morgan fingerprint density at radius 1 is 1.14 bits per heavy atom. The van der Waals surface area contributed by atoms with Gasteiger partial charge < -0.3 is 15.0 Å². The van der Waals surface area contributed by atoms with E-state index in [1.165, 1.54) is 22.8 Å². The minimum absolute atomic E-state index is 0.195. The first-order valence-electron chi connectivity index (χ1n) is 12.7. The monoisotopic (exact) mass is 504 g/mol. The number of amides is 1. The van der Waals surface area contributed by atoms with Gasteiger partial charge in [0.25, 0.3) is 5.91 Å². The lowest BCUT2D eigenvalue weighted by Crippen LogP contribution is -2.57. The van der Waals surface area contributed by atoms with Crippen LogP contribution in [0.2, 0.25) is 0 Å². The molecule has 2 aromatic rings. The molecule has 2 aliphatic heterocycles. The second-order valence-corrected chi connectivity index (χ2v) is 9.73. The number of pyridine rings is 1. The number of ether oxygens (including phenoxy) is 1. The first kappa shape index (κ1) is 26.4. The Kier molecular flexibility index (Phi) is 8.20. The number of piperazine rings is 1. The van der Waals surface area contributed by atoms with Crippen LogP contribution in [0.4, 0.5) is 13.2 Å². The highest BCUT2D eigenvalue weighted by molar-refractivity contribution is 5.94. The molecule has 2 fully saturated rings. The number of carbonyl (C=O) groups is 1. The third-order valence-corrected chi connectivity index (χ3v) is 7.50. The number of alkyl halides is 3. The Hall–Kier alpha value is -2.65. The van der Waals surface area contributed by atoms with E-state index < -0.39 is 11.9 Å². The zero-order valence-electron chi connectivity index (χ0n) is 21.2. The normalized spacial score (nSPS) is 20.8. The summed E-state index contributed by atoms with van der Waals surface area (Å²) in [5.41, 5.74) is 2.94. The quantitative estimate of drug-likeness (QED) is 0.552. The van der Waals surface area contributed by atoms with Gasteiger partial charge in [0, 0.05) is 37.9 Å². The van der Waals surface area contributed by atoms with E-state index in [4.69, 9.17) is 4.74 Å². The van der Waals surface area contributed by atoms with Crippen LogP contribution in [0.1, 0.15) is 64.5 Å². The highest BCUT2D eigenvalue weighted by atomic mass is 19.4. The van der Waals surface area contributed by atoms with Crippen molar-refractivity contribution < 1.29 is 22.7 Å². The largest absolute Gasteiger partial charge is 0.493 e. The van der Waals surface area contributed by atoms with Gasteiger partial charge in [-0.2, -0.15) is 13.2 Å². The molecule has 196 valence electrons. The molecular weight excluding hydrogens is 469 g/mol. The highest BCUT2D eigenvalue weighted by Gasteiger charge is 2.38. The van der Waals surface area contributed by atoms with Gasteiger partial charge in [-0.25, -0.2) is 0 Å². The molecule has 1 aromatic carbocycles. The van der Waals surface area contributed by atoms with Crippen molar-refractivity contribution in [1.29, 1.82) is 0 Å². The first-order valence-corrected chi connectivity index (χ1v) is 12.7. The summed E-state index contributed by atoms with van der Waals surface area (Å²) in [4.78, 5) is 20.7. The van der Waals surface area contributed by atoms with Crippen molar-refractivity contribution >= 4 is 5.91 Å². The average molecular weight is 505 g/mol.